The van der Waals surface area contributed by atoms with Gasteiger partial charge in [-0.25, -0.2) is 0 Å². The summed E-state index contributed by atoms with van der Waals surface area (Å²) in [6.07, 6.45) is 3.36. The number of hydrogen-bond donors (Lipinski definition) is 0. The molecule has 2 unspecified atom stereocenters. The van der Waals surface area contributed by atoms with Crippen molar-refractivity contribution in [1.82, 2.24) is 0 Å². The first-order chi connectivity index (χ1) is 3.97. The highest BCUT2D eigenvalue weighted by molar-refractivity contribution is 8.00. The van der Waals surface area contributed by atoms with Crippen LogP contribution in [-0.2, 0) is 4.74 Å². The summed E-state index contributed by atoms with van der Waals surface area (Å²) in [6, 6.07) is 0. The molecule has 0 N–H and O–H groups in total. The van der Waals surface area contributed by atoms with Crippen LogP contribution in [0.5, 0.6) is 0 Å². The summed E-state index contributed by atoms with van der Waals surface area (Å²) in [7, 11) is 0. The Bertz CT molecular complexity index is 82.5. The summed E-state index contributed by atoms with van der Waals surface area (Å²) in [5.74, 6) is 1.22. The van der Waals surface area contributed by atoms with Crippen molar-refractivity contribution in [2.24, 2.45) is 0 Å². The molecular weight excluding hydrogens is 120 g/mol. The second kappa shape index (κ2) is 1.92. The molecule has 8 heavy (non-hydrogen) atoms. The summed E-state index contributed by atoms with van der Waals surface area (Å²) in [4.78, 5) is 0. The van der Waals surface area contributed by atoms with E-state index in [4.69, 9.17) is 4.74 Å². The van der Waals surface area contributed by atoms with Gasteiger partial charge in [-0.15, -0.1) is 0 Å². The fourth-order valence-corrected chi connectivity index (χ4v) is 2.45. The van der Waals surface area contributed by atoms with Gasteiger partial charge in [0, 0.05) is 11.0 Å². The van der Waals surface area contributed by atoms with Gasteiger partial charge in [0.25, 0.3) is 0 Å². The van der Waals surface area contributed by atoms with E-state index in [1.54, 1.807) is 0 Å². The first-order valence-corrected chi connectivity index (χ1v) is 4.25. The largest absolute Gasteiger partial charge is 0.376 e. The van der Waals surface area contributed by atoms with Gasteiger partial charge in [-0.05, 0) is 12.8 Å². The highest BCUT2D eigenvalue weighted by atomic mass is 32.2. The maximum absolute atomic E-state index is 5.46. The molecule has 0 bridgehead atoms. The van der Waals surface area contributed by atoms with Crippen molar-refractivity contribution < 1.29 is 4.74 Å². The van der Waals surface area contributed by atoms with Crippen molar-refractivity contribution in [1.29, 1.82) is 0 Å². The average Bonchev–Trinajstić information content (AvgIpc) is 1.72. The predicted molar refractivity (Wildman–Crippen MR) is 35.2 cm³/mol. The Kier molecular flexibility index (Phi) is 1.23. The Labute approximate surface area is 53.8 Å². The fraction of sp³-hybridized carbons (Fsp3) is 1.00. The monoisotopic (exact) mass is 130 g/mol. The highest BCUT2D eigenvalue weighted by Crippen LogP contribution is 2.36. The third-order valence-electron chi connectivity index (χ3n) is 1.90. The molecule has 46 valence electrons. The Morgan fingerprint density at radius 3 is 2.75 bits per heavy atom. The van der Waals surface area contributed by atoms with E-state index in [1.807, 2.05) is 0 Å². The van der Waals surface area contributed by atoms with Gasteiger partial charge in [0.1, 0.15) is 0 Å². The standard InChI is InChI=1S/C6H10OS/c1-2-6-5(1)7-3-4-8-6/h5-6H,1-4H2. The molecule has 2 heteroatoms. The minimum Gasteiger partial charge on any atom is -0.376 e. The second-order valence-electron chi connectivity index (χ2n) is 2.40. The molecule has 0 spiro atoms. The van der Waals surface area contributed by atoms with E-state index < -0.39 is 0 Å². The number of thioether (sulfide) groups is 1. The van der Waals surface area contributed by atoms with Gasteiger partial charge in [0.05, 0.1) is 12.7 Å². The summed E-state index contributed by atoms with van der Waals surface area (Å²) in [6.45, 7) is 0.992. The summed E-state index contributed by atoms with van der Waals surface area (Å²) >= 11 is 2.09. The van der Waals surface area contributed by atoms with Gasteiger partial charge in [-0.3, -0.25) is 0 Å². The quantitative estimate of drug-likeness (QED) is 0.488. The lowest BCUT2D eigenvalue weighted by molar-refractivity contribution is 0.00983. The van der Waals surface area contributed by atoms with E-state index in [2.05, 4.69) is 11.8 Å². The minimum atomic E-state index is 0.647. The summed E-state index contributed by atoms with van der Waals surface area (Å²) in [5.41, 5.74) is 0. The van der Waals surface area contributed by atoms with Crippen LogP contribution in [0.2, 0.25) is 0 Å². The normalized spacial score (nSPS) is 45.0. The van der Waals surface area contributed by atoms with E-state index in [9.17, 15) is 0 Å². The molecular formula is C6H10OS. The molecule has 0 aromatic heterocycles. The number of fused-ring (bicyclic) bond motifs is 1. The third kappa shape index (κ3) is 0.669. The van der Waals surface area contributed by atoms with Crippen LogP contribution in [0.1, 0.15) is 12.8 Å². The van der Waals surface area contributed by atoms with Gasteiger partial charge in [-0.2, -0.15) is 11.8 Å². The number of hydrogen-bond acceptors (Lipinski definition) is 2. The molecule has 1 saturated heterocycles. The smallest absolute Gasteiger partial charge is 0.0694 e. The first kappa shape index (κ1) is 5.12. The van der Waals surface area contributed by atoms with Crippen molar-refractivity contribution in [2.45, 2.75) is 24.2 Å². The molecule has 0 radical (unpaired) electrons. The molecule has 1 heterocycles. The molecule has 1 aliphatic carbocycles. The third-order valence-corrected chi connectivity index (χ3v) is 3.27. The Morgan fingerprint density at radius 2 is 2.38 bits per heavy atom. The molecule has 2 aliphatic rings. The summed E-state index contributed by atoms with van der Waals surface area (Å²) < 4.78 is 5.46. The van der Waals surface area contributed by atoms with Crippen LogP contribution in [0.15, 0.2) is 0 Å². The van der Waals surface area contributed by atoms with Crippen molar-refractivity contribution in [3.8, 4) is 0 Å². The van der Waals surface area contributed by atoms with Crippen LogP contribution in [0.4, 0.5) is 0 Å². The van der Waals surface area contributed by atoms with Crippen LogP contribution < -0.4 is 0 Å². The van der Waals surface area contributed by atoms with E-state index in [0.29, 0.717) is 6.10 Å². The maximum atomic E-state index is 5.46. The van der Waals surface area contributed by atoms with Gasteiger partial charge in [0.2, 0.25) is 0 Å². The van der Waals surface area contributed by atoms with Crippen LogP contribution in [-0.4, -0.2) is 23.7 Å². The molecule has 1 saturated carbocycles. The van der Waals surface area contributed by atoms with Gasteiger partial charge in [0.15, 0.2) is 0 Å². The number of rotatable bonds is 0. The fourth-order valence-electron chi connectivity index (χ4n) is 1.22. The molecule has 2 fully saturated rings. The average molecular weight is 130 g/mol. The Hall–Kier alpha value is 0.310. The highest BCUT2D eigenvalue weighted by Gasteiger charge is 2.34. The van der Waals surface area contributed by atoms with E-state index >= 15 is 0 Å². The van der Waals surface area contributed by atoms with Crippen molar-refractivity contribution in [3.63, 3.8) is 0 Å². The topological polar surface area (TPSA) is 9.23 Å². The van der Waals surface area contributed by atoms with Crippen LogP contribution in [0, 0.1) is 0 Å². The van der Waals surface area contributed by atoms with Crippen LogP contribution in [0.25, 0.3) is 0 Å². The first-order valence-electron chi connectivity index (χ1n) is 3.20. The molecule has 1 nitrogen and oxygen atoms in total. The minimum absolute atomic E-state index is 0.647. The molecule has 0 amide bonds. The molecule has 1 aliphatic heterocycles. The summed E-state index contributed by atoms with van der Waals surface area (Å²) in [5, 5.41) is 0.878. The lowest BCUT2D eigenvalue weighted by atomic mass is 9.95. The molecule has 0 aromatic carbocycles. The zero-order valence-electron chi connectivity index (χ0n) is 4.80. The van der Waals surface area contributed by atoms with Gasteiger partial charge < -0.3 is 4.74 Å². The van der Waals surface area contributed by atoms with Crippen LogP contribution in [0.3, 0.4) is 0 Å². The van der Waals surface area contributed by atoms with Crippen molar-refractivity contribution in [3.05, 3.63) is 0 Å². The zero-order valence-corrected chi connectivity index (χ0v) is 5.62. The van der Waals surface area contributed by atoms with E-state index in [1.165, 1.54) is 18.6 Å². The Morgan fingerprint density at radius 1 is 1.38 bits per heavy atom. The van der Waals surface area contributed by atoms with Crippen molar-refractivity contribution >= 4 is 11.8 Å². The SMILES string of the molecule is C1CSC2CCC2O1. The number of ether oxygens (including phenoxy) is 1. The van der Waals surface area contributed by atoms with Crippen molar-refractivity contribution in [2.75, 3.05) is 12.4 Å². The maximum Gasteiger partial charge on any atom is 0.0694 e. The van der Waals surface area contributed by atoms with Gasteiger partial charge in [-0.1, -0.05) is 0 Å². The lowest BCUT2D eigenvalue weighted by Gasteiger charge is -2.39. The molecule has 0 aromatic rings. The van der Waals surface area contributed by atoms with E-state index in [-0.39, 0.29) is 0 Å². The second-order valence-corrected chi connectivity index (χ2v) is 3.74. The van der Waals surface area contributed by atoms with E-state index in [0.717, 1.165) is 11.9 Å². The molecule has 2 rings (SSSR count). The van der Waals surface area contributed by atoms with Gasteiger partial charge >= 0.3 is 0 Å². The van der Waals surface area contributed by atoms with Crippen LogP contribution >= 0.6 is 11.8 Å². The lowest BCUT2D eigenvalue weighted by Crippen LogP contribution is -2.40. The predicted octanol–water partition coefficient (Wildman–Crippen LogP) is 1.28. The Balaban J connectivity index is 1.92. The zero-order chi connectivity index (χ0) is 5.40. The molecule has 2 atom stereocenters.